The van der Waals surface area contributed by atoms with Crippen molar-refractivity contribution in [1.82, 2.24) is 5.32 Å². The Morgan fingerprint density at radius 1 is 1.00 bits per heavy atom. The normalized spacial score (nSPS) is 11.4. The lowest BCUT2D eigenvalue weighted by Gasteiger charge is -2.16. The Morgan fingerprint density at radius 3 is 2.04 bits per heavy atom. The maximum absolute atomic E-state index is 12.4. The fourth-order valence-corrected chi connectivity index (χ4v) is 2.12. The third kappa shape index (κ3) is 4.00. The van der Waals surface area contributed by atoms with Crippen LogP contribution in [0.25, 0.3) is 0 Å². The van der Waals surface area contributed by atoms with Crippen LogP contribution in [0.2, 0.25) is 0 Å². The topological polar surface area (TPSA) is 90.7 Å². The molecule has 0 aromatic heterocycles. The van der Waals surface area contributed by atoms with Gasteiger partial charge < -0.3 is 20.5 Å². The molecule has 0 spiro atoms. The average Bonchev–Trinajstić information content (AvgIpc) is 2.59. The summed E-state index contributed by atoms with van der Waals surface area (Å²) in [6, 6.07) is 12.7. The Labute approximate surface area is 134 Å². The van der Waals surface area contributed by atoms with Gasteiger partial charge in [0, 0.05) is 11.6 Å². The standard InChI is InChI=1S/C17H18N2O4/c1-22-13-8-12(9-14(10-13)23-2)17(21)19-15(16(18)20)11-6-4-3-5-7-11/h3-10,15H,1-2H3,(H2,18,20)(H,19,21). The lowest BCUT2D eigenvalue weighted by atomic mass is 10.1. The lowest BCUT2D eigenvalue weighted by molar-refractivity contribution is -0.120. The van der Waals surface area contributed by atoms with E-state index in [0.717, 1.165) is 0 Å². The highest BCUT2D eigenvalue weighted by Crippen LogP contribution is 2.23. The summed E-state index contributed by atoms with van der Waals surface area (Å²) in [5.74, 6) is -0.135. The molecule has 2 aromatic carbocycles. The first-order valence-electron chi connectivity index (χ1n) is 6.93. The first-order valence-corrected chi connectivity index (χ1v) is 6.93. The zero-order valence-corrected chi connectivity index (χ0v) is 12.9. The highest BCUT2D eigenvalue weighted by molar-refractivity contribution is 5.98. The molecule has 3 N–H and O–H groups in total. The highest BCUT2D eigenvalue weighted by atomic mass is 16.5. The summed E-state index contributed by atoms with van der Waals surface area (Å²) in [4.78, 5) is 24.1. The van der Waals surface area contributed by atoms with E-state index < -0.39 is 17.9 Å². The lowest BCUT2D eigenvalue weighted by Crippen LogP contribution is -2.37. The van der Waals surface area contributed by atoms with Crippen LogP contribution in [0.4, 0.5) is 0 Å². The second kappa shape index (κ2) is 7.31. The summed E-state index contributed by atoms with van der Waals surface area (Å²) in [7, 11) is 2.99. The van der Waals surface area contributed by atoms with Crippen molar-refractivity contribution < 1.29 is 19.1 Å². The molecule has 0 saturated heterocycles. The van der Waals surface area contributed by atoms with Crippen molar-refractivity contribution in [2.45, 2.75) is 6.04 Å². The van der Waals surface area contributed by atoms with Crippen LogP contribution in [0.5, 0.6) is 11.5 Å². The summed E-state index contributed by atoms with van der Waals surface area (Å²) < 4.78 is 10.3. The summed E-state index contributed by atoms with van der Waals surface area (Å²) in [5, 5.41) is 2.63. The molecule has 0 aliphatic carbocycles. The molecule has 0 saturated carbocycles. The molecule has 0 heterocycles. The van der Waals surface area contributed by atoms with E-state index in [-0.39, 0.29) is 0 Å². The molecule has 0 radical (unpaired) electrons. The van der Waals surface area contributed by atoms with Crippen LogP contribution >= 0.6 is 0 Å². The van der Waals surface area contributed by atoms with Crippen molar-refractivity contribution >= 4 is 11.8 Å². The number of hydrogen-bond donors (Lipinski definition) is 2. The SMILES string of the molecule is COc1cc(OC)cc(C(=O)NC(C(N)=O)c2ccccc2)c1. The number of methoxy groups -OCH3 is 2. The molecule has 2 rings (SSSR count). The maximum Gasteiger partial charge on any atom is 0.252 e. The van der Waals surface area contributed by atoms with Gasteiger partial charge in [-0.15, -0.1) is 0 Å². The average molecular weight is 314 g/mol. The second-order valence-corrected chi connectivity index (χ2v) is 4.82. The van der Waals surface area contributed by atoms with Crippen LogP contribution in [0.1, 0.15) is 22.0 Å². The number of amides is 2. The molecule has 120 valence electrons. The molecule has 0 fully saturated rings. The van der Waals surface area contributed by atoms with Crippen molar-refractivity contribution in [3.8, 4) is 11.5 Å². The number of ether oxygens (including phenoxy) is 2. The smallest absolute Gasteiger partial charge is 0.252 e. The first kappa shape index (κ1) is 16.4. The highest BCUT2D eigenvalue weighted by Gasteiger charge is 2.21. The van der Waals surface area contributed by atoms with E-state index in [4.69, 9.17) is 15.2 Å². The Morgan fingerprint density at radius 2 is 1.57 bits per heavy atom. The molecule has 23 heavy (non-hydrogen) atoms. The van der Waals surface area contributed by atoms with E-state index in [9.17, 15) is 9.59 Å². The number of benzene rings is 2. The second-order valence-electron chi connectivity index (χ2n) is 4.82. The van der Waals surface area contributed by atoms with Gasteiger partial charge in [0.15, 0.2) is 0 Å². The van der Waals surface area contributed by atoms with Gasteiger partial charge in [-0.3, -0.25) is 9.59 Å². The molecular formula is C17H18N2O4. The molecule has 1 unspecified atom stereocenters. The van der Waals surface area contributed by atoms with E-state index in [1.165, 1.54) is 14.2 Å². The van der Waals surface area contributed by atoms with E-state index in [1.807, 2.05) is 6.07 Å². The van der Waals surface area contributed by atoms with Crippen molar-refractivity contribution in [2.24, 2.45) is 5.73 Å². The summed E-state index contributed by atoms with van der Waals surface area (Å²) in [6.45, 7) is 0. The number of hydrogen-bond acceptors (Lipinski definition) is 4. The Kier molecular flexibility index (Phi) is 5.19. The van der Waals surface area contributed by atoms with Gasteiger partial charge in [-0.2, -0.15) is 0 Å². The molecule has 0 bridgehead atoms. The predicted molar refractivity (Wildman–Crippen MR) is 85.4 cm³/mol. The molecule has 2 amide bonds. The third-order valence-corrected chi connectivity index (χ3v) is 3.31. The molecular weight excluding hydrogens is 296 g/mol. The van der Waals surface area contributed by atoms with E-state index in [1.54, 1.807) is 42.5 Å². The summed E-state index contributed by atoms with van der Waals surface area (Å²) in [6.07, 6.45) is 0. The van der Waals surface area contributed by atoms with Crippen molar-refractivity contribution in [3.63, 3.8) is 0 Å². The van der Waals surface area contributed by atoms with E-state index in [0.29, 0.717) is 22.6 Å². The number of carbonyl (C=O) groups excluding carboxylic acids is 2. The van der Waals surface area contributed by atoms with Gasteiger partial charge in [-0.1, -0.05) is 30.3 Å². The van der Waals surface area contributed by atoms with Crippen molar-refractivity contribution in [3.05, 3.63) is 59.7 Å². The fraction of sp³-hybridized carbons (Fsp3) is 0.176. The maximum atomic E-state index is 12.4. The van der Waals surface area contributed by atoms with Crippen molar-refractivity contribution in [1.29, 1.82) is 0 Å². The zero-order chi connectivity index (χ0) is 16.8. The van der Waals surface area contributed by atoms with Crippen molar-refractivity contribution in [2.75, 3.05) is 14.2 Å². The van der Waals surface area contributed by atoms with Crippen LogP contribution in [-0.4, -0.2) is 26.0 Å². The van der Waals surface area contributed by atoms with Crippen LogP contribution in [0, 0.1) is 0 Å². The third-order valence-electron chi connectivity index (χ3n) is 3.31. The minimum atomic E-state index is -0.916. The Balaban J connectivity index is 2.27. The van der Waals surface area contributed by atoms with Crippen LogP contribution in [-0.2, 0) is 4.79 Å². The zero-order valence-electron chi connectivity index (χ0n) is 12.9. The van der Waals surface area contributed by atoms with Crippen LogP contribution in [0.15, 0.2) is 48.5 Å². The predicted octanol–water partition coefficient (Wildman–Crippen LogP) is 1.66. The van der Waals surface area contributed by atoms with Gasteiger partial charge in [0.2, 0.25) is 5.91 Å². The minimum absolute atomic E-state index is 0.309. The van der Waals surface area contributed by atoms with Gasteiger partial charge in [0.05, 0.1) is 14.2 Å². The molecule has 6 heteroatoms. The quantitative estimate of drug-likeness (QED) is 0.848. The molecule has 0 aliphatic rings. The Bertz CT molecular complexity index is 679. The summed E-state index contributed by atoms with van der Waals surface area (Å²) >= 11 is 0. The monoisotopic (exact) mass is 314 g/mol. The summed E-state index contributed by atoms with van der Waals surface area (Å²) in [5.41, 5.74) is 6.33. The van der Waals surface area contributed by atoms with Gasteiger partial charge >= 0.3 is 0 Å². The van der Waals surface area contributed by atoms with Gasteiger partial charge in [-0.05, 0) is 17.7 Å². The van der Waals surface area contributed by atoms with Gasteiger partial charge in [0.25, 0.3) is 5.91 Å². The molecule has 2 aromatic rings. The van der Waals surface area contributed by atoms with Crippen LogP contribution in [0.3, 0.4) is 0 Å². The van der Waals surface area contributed by atoms with Gasteiger partial charge in [-0.25, -0.2) is 0 Å². The Hall–Kier alpha value is -3.02. The number of nitrogens with two attached hydrogens (primary N) is 1. The largest absolute Gasteiger partial charge is 0.497 e. The fourth-order valence-electron chi connectivity index (χ4n) is 2.12. The van der Waals surface area contributed by atoms with Crippen LogP contribution < -0.4 is 20.5 Å². The van der Waals surface area contributed by atoms with E-state index >= 15 is 0 Å². The number of primary amides is 1. The number of carbonyl (C=O) groups is 2. The minimum Gasteiger partial charge on any atom is -0.497 e. The molecule has 6 nitrogen and oxygen atoms in total. The molecule has 1 atom stereocenters. The first-order chi connectivity index (χ1) is 11.0. The van der Waals surface area contributed by atoms with Gasteiger partial charge in [0.1, 0.15) is 17.5 Å². The number of nitrogens with one attached hydrogen (secondary N) is 1. The van der Waals surface area contributed by atoms with E-state index in [2.05, 4.69) is 5.32 Å². The number of rotatable bonds is 6. The molecule has 0 aliphatic heterocycles.